The summed E-state index contributed by atoms with van der Waals surface area (Å²) >= 11 is 0. The predicted octanol–water partition coefficient (Wildman–Crippen LogP) is 3.99. The van der Waals surface area contributed by atoms with Gasteiger partial charge in [0.2, 0.25) is 0 Å². The molecule has 1 amide bonds. The van der Waals surface area contributed by atoms with Crippen molar-refractivity contribution in [3.8, 4) is 0 Å². The van der Waals surface area contributed by atoms with Crippen molar-refractivity contribution >= 4 is 11.8 Å². The molecular weight excluding hydrogens is 290 g/mol. The van der Waals surface area contributed by atoms with Crippen LogP contribution in [0.1, 0.15) is 32.0 Å². The Morgan fingerprint density at radius 1 is 1.22 bits per heavy atom. The van der Waals surface area contributed by atoms with Gasteiger partial charge in [-0.15, -0.1) is 0 Å². The van der Waals surface area contributed by atoms with Gasteiger partial charge in [0.25, 0.3) is 0 Å². The van der Waals surface area contributed by atoms with Crippen molar-refractivity contribution in [2.45, 2.75) is 39.5 Å². The minimum absolute atomic E-state index is 0.323. The average molecular weight is 315 g/mol. The van der Waals surface area contributed by atoms with E-state index < -0.39 is 5.60 Å². The van der Waals surface area contributed by atoms with Gasteiger partial charge >= 0.3 is 6.09 Å². The molecule has 2 N–H and O–H groups in total. The Labute approximate surface area is 137 Å². The number of para-hydroxylation sites is 1. The van der Waals surface area contributed by atoms with Crippen molar-refractivity contribution in [2.75, 3.05) is 12.4 Å². The Balaban J connectivity index is 2.00. The van der Waals surface area contributed by atoms with E-state index in [1.54, 1.807) is 11.9 Å². The molecule has 124 valence electrons. The van der Waals surface area contributed by atoms with Gasteiger partial charge in [-0.25, -0.2) is 4.79 Å². The van der Waals surface area contributed by atoms with Crippen LogP contribution in [0.15, 0.2) is 42.6 Å². The molecule has 23 heavy (non-hydrogen) atoms. The fourth-order valence-corrected chi connectivity index (χ4v) is 2.16. The highest BCUT2D eigenvalue weighted by Gasteiger charge is 2.20. The van der Waals surface area contributed by atoms with Crippen LogP contribution in [-0.2, 0) is 17.8 Å². The number of benzene rings is 1. The number of nitrogens with zero attached hydrogens (tertiary/aromatic N) is 1. The summed E-state index contributed by atoms with van der Waals surface area (Å²) in [7, 11) is 1.75. The summed E-state index contributed by atoms with van der Waals surface area (Å²) < 4.78 is 5.39. The molecule has 1 aromatic heterocycles. The van der Waals surface area contributed by atoms with E-state index in [9.17, 15) is 4.79 Å². The second kappa shape index (κ2) is 7.22. The molecular formula is C18H25N3O2. The molecule has 0 aliphatic carbocycles. The highest BCUT2D eigenvalue weighted by Crippen LogP contribution is 2.19. The maximum absolute atomic E-state index is 12.1. The number of H-pyrrole nitrogens is 1. The highest BCUT2D eigenvalue weighted by atomic mass is 16.6. The zero-order valence-corrected chi connectivity index (χ0v) is 14.2. The Morgan fingerprint density at radius 3 is 2.61 bits per heavy atom. The van der Waals surface area contributed by atoms with E-state index in [-0.39, 0.29) is 6.09 Å². The van der Waals surface area contributed by atoms with Gasteiger partial charge in [0.1, 0.15) is 5.60 Å². The van der Waals surface area contributed by atoms with E-state index in [1.165, 1.54) is 0 Å². The zero-order valence-electron chi connectivity index (χ0n) is 14.2. The molecule has 1 heterocycles. The number of anilines is 1. The Kier molecular flexibility index (Phi) is 5.32. The number of carbonyl (C=O) groups is 1. The summed E-state index contributed by atoms with van der Waals surface area (Å²) in [4.78, 5) is 16.8. The van der Waals surface area contributed by atoms with E-state index in [2.05, 4.69) is 10.3 Å². The summed E-state index contributed by atoms with van der Waals surface area (Å²) in [5.74, 6) is 0. The topological polar surface area (TPSA) is 57.4 Å². The van der Waals surface area contributed by atoms with Crippen molar-refractivity contribution < 1.29 is 9.53 Å². The lowest BCUT2D eigenvalue weighted by Crippen LogP contribution is -2.33. The molecule has 0 fully saturated rings. The summed E-state index contributed by atoms with van der Waals surface area (Å²) in [6.07, 6.45) is 1.58. The predicted molar refractivity (Wildman–Crippen MR) is 92.3 cm³/mol. The van der Waals surface area contributed by atoms with Gasteiger partial charge in [-0.1, -0.05) is 18.2 Å². The number of aromatic amines is 1. The van der Waals surface area contributed by atoms with E-state index in [0.717, 1.165) is 16.9 Å². The van der Waals surface area contributed by atoms with Crippen LogP contribution >= 0.6 is 0 Å². The van der Waals surface area contributed by atoms with Crippen molar-refractivity contribution in [3.05, 3.63) is 53.9 Å². The van der Waals surface area contributed by atoms with Crippen LogP contribution in [0.3, 0.4) is 0 Å². The van der Waals surface area contributed by atoms with Gasteiger partial charge in [-0.3, -0.25) is 0 Å². The maximum Gasteiger partial charge on any atom is 0.410 e. The third-order valence-corrected chi connectivity index (χ3v) is 3.26. The minimum atomic E-state index is -0.489. The number of aromatic nitrogens is 1. The van der Waals surface area contributed by atoms with Gasteiger partial charge in [-0.05, 0) is 44.5 Å². The number of ether oxygens (including phenoxy) is 1. The summed E-state index contributed by atoms with van der Waals surface area (Å²) in [5.41, 5.74) is 2.68. The molecule has 0 saturated carbocycles. The first-order valence-corrected chi connectivity index (χ1v) is 7.73. The van der Waals surface area contributed by atoms with Gasteiger partial charge in [0.15, 0.2) is 0 Å². The second-order valence-electron chi connectivity index (χ2n) is 6.54. The lowest BCUT2D eigenvalue weighted by molar-refractivity contribution is 0.0285. The van der Waals surface area contributed by atoms with Crippen molar-refractivity contribution in [1.29, 1.82) is 0 Å². The van der Waals surface area contributed by atoms with E-state index in [0.29, 0.717) is 13.1 Å². The minimum Gasteiger partial charge on any atom is -0.444 e. The standard InChI is InChI=1S/C18H25N3O2/c1-18(2,3)23-17(22)21(4)13-14-8-5-6-10-16(14)20-12-15-9-7-11-19-15/h5-11,19-20H,12-13H2,1-4H3. The largest absolute Gasteiger partial charge is 0.444 e. The fraction of sp³-hybridized carbons (Fsp3) is 0.389. The van der Waals surface area contributed by atoms with Crippen molar-refractivity contribution in [1.82, 2.24) is 9.88 Å². The van der Waals surface area contributed by atoms with E-state index in [1.807, 2.05) is 63.4 Å². The van der Waals surface area contributed by atoms with Crippen LogP contribution in [0.5, 0.6) is 0 Å². The normalized spacial score (nSPS) is 11.1. The summed E-state index contributed by atoms with van der Waals surface area (Å²) in [6.45, 7) is 6.79. The molecule has 0 spiro atoms. The number of carbonyl (C=O) groups excluding carboxylic acids is 1. The van der Waals surface area contributed by atoms with Gasteiger partial charge < -0.3 is 19.9 Å². The maximum atomic E-state index is 12.1. The van der Waals surface area contributed by atoms with Crippen molar-refractivity contribution in [3.63, 3.8) is 0 Å². The van der Waals surface area contributed by atoms with Crippen LogP contribution in [0.25, 0.3) is 0 Å². The molecule has 1 aromatic carbocycles. The molecule has 0 bridgehead atoms. The zero-order chi connectivity index (χ0) is 16.9. The quantitative estimate of drug-likeness (QED) is 0.877. The Hall–Kier alpha value is -2.43. The van der Waals surface area contributed by atoms with Crippen LogP contribution < -0.4 is 5.32 Å². The van der Waals surface area contributed by atoms with E-state index >= 15 is 0 Å². The third-order valence-electron chi connectivity index (χ3n) is 3.26. The summed E-state index contributed by atoms with van der Waals surface area (Å²) in [5, 5.41) is 3.40. The van der Waals surface area contributed by atoms with Crippen LogP contribution in [-0.4, -0.2) is 28.6 Å². The first-order chi connectivity index (χ1) is 10.8. The summed E-state index contributed by atoms with van der Waals surface area (Å²) in [6, 6.07) is 12.0. The number of nitrogens with one attached hydrogen (secondary N) is 2. The molecule has 5 heteroatoms. The number of rotatable bonds is 5. The lowest BCUT2D eigenvalue weighted by Gasteiger charge is -2.25. The molecule has 2 aromatic rings. The smallest absolute Gasteiger partial charge is 0.410 e. The average Bonchev–Trinajstić information content (AvgIpc) is 2.98. The van der Waals surface area contributed by atoms with E-state index in [4.69, 9.17) is 4.74 Å². The number of amides is 1. The molecule has 0 saturated heterocycles. The first kappa shape index (κ1) is 16.9. The number of hydrogen-bond acceptors (Lipinski definition) is 3. The second-order valence-corrected chi connectivity index (χ2v) is 6.54. The molecule has 0 aliphatic rings. The van der Waals surface area contributed by atoms with Gasteiger partial charge in [-0.2, -0.15) is 0 Å². The number of hydrogen-bond donors (Lipinski definition) is 2. The van der Waals surface area contributed by atoms with Crippen LogP contribution in [0, 0.1) is 0 Å². The molecule has 0 unspecified atom stereocenters. The van der Waals surface area contributed by atoms with Gasteiger partial charge in [0, 0.05) is 24.6 Å². The molecule has 5 nitrogen and oxygen atoms in total. The first-order valence-electron chi connectivity index (χ1n) is 7.73. The molecule has 2 rings (SSSR count). The SMILES string of the molecule is CN(Cc1ccccc1NCc1ccc[nH]1)C(=O)OC(C)(C)C. The third kappa shape index (κ3) is 5.36. The molecule has 0 radical (unpaired) electrons. The fourth-order valence-electron chi connectivity index (χ4n) is 2.16. The molecule has 0 aliphatic heterocycles. The van der Waals surface area contributed by atoms with Crippen molar-refractivity contribution in [2.24, 2.45) is 0 Å². The Morgan fingerprint density at radius 2 is 1.96 bits per heavy atom. The Bertz CT molecular complexity index is 630. The highest BCUT2D eigenvalue weighted by molar-refractivity contribution is 5.68. The van der Waals surface area contributed by atoms with Gasteiger partial charge in [0.05, 0.1) is 13.1 Å². The van der Waals surface area contributed by atoms with Crippen LogP contribution in [0.4, 0.5) is 10.5 Å². The monoisotopic (exact) mass is 315 g/mol. The lowest BCUT2D eigenvalue weighted by atomic mass is 10.1. The molecule has 0 atom stereocenters. The van der Waals surface area contributed by atoms with Crippen LogP contribution in [0.2, 0.25) is 0 Å².